The molecule has 5 nitrogen and oxygen atoms in total. The summed E-state index contributed by atoms with van der Waals surface area (Å²) in [5.74, 6) is 2.13. The van der Waals surface area contributed by atoms with Gasteiger partial charge >= 0.3 is 0 Å². The molecule has 5 heteroatoms. The van der Waals surface area contributed by atoms with Gasteiger partial charge in [0.1, 0.15) is 11.5 Å². The lowest BCUT2D eigenvalue weighted by molar-refractivity contribution is 0.214. The Morgan fingerprint density at radius 2 is 1.26 bits per heavy atom. The van der Waals surface area contributed by atoms with Crippen LogP contribution in [0.4, 0.5) is 0 Å². The first kappa shape index (κ1) is 17.9. The van der Waals surface area contributed by atoms with Gasteiger partial charge in [0.25, 0.3) is 0 Å². The SMILES string of the molecule is COc1ccc(C2NC(c3ccc(OC)cc3)[C@H]3CCC[C@@H]2C3=NO)cc1. The Balaban J connectivity index is 1.70. The zero-order valence-corrected chi connectivity index (χ0v) is 15.8. The van der Waals surface area contributed by atoms with Crippen molar-refractivity contribution in [2.45, 2.75) is 31.3 Å². The van der Waals surface area contributed by atoms with Gasteiger partial charge in [0, 0.05) is 23.9 Å². The van der Waals surface area contributed by atoms with Gasteiger partial charge in [-0.2, -0.15) is 0 Å². The average Bonchev–Trinajstić information content (AvgIpc) is 2.74. The standard InChI is InChI=1S/C22H26N2O3/c1-26-16-10-6-14(7-11-16)20-18-4-3-5-19(22(18)24-25)21(23-20)15-8-12-17(27-2)13-9-15/h6-13,18-21,23,25H,3-5H2,1-2H3/t18-,19+,20?,21?. The number of hydrogen-bond acceptors (Lipinski definition) is 5. The molecule has 0 radical (unpaired) electrons. The maximum atomic E-state index is 9.81. The fraction of sp³-hybridized carbons (Fsp3) is 0.409. The topological polar surface area (TPSA) is 63.1 Å². The van der Waals surface area contributed by atoms with Crippen molar-refractivity contribution in [1.29, 1.82) is 0 Å². The molecule has 0 amide bonds. The fourth-order valence-electron chi connectivity index (χ4n) is 4.66. The number of nitrogens with one attached hydrogen (secondary N) is 1. The summed E-state index contributed by atoms with van der Waals surface area (Å²) in [6, 6.07) is 16.6. The van der Waals surface area contributed by atoms with Crippen LogP contribution in [0.15, 0.2) is 53.7 Å². The predicted octanol–water partition coefficient (Wildman–Crippen LogP) is 4.34. The third-order valence-corrected chi connectivity index (χ3v) is 6.02. The molecule has 2 unspecified atom stereocenters. The van der Waals surface area contributed by atoms with E-state index in [1.165, 1.54) is 11.1 Å². The van der Waals surface area contributed by atoms with Crippen LogP contribution in [0.1, 0.15) is 42.5 Å². The second-order valence-electron chi connectivity index (χ2n) is 7.34. The number of nitrogens with zero attached hydrogens (tertiary/aromatic N) is 1. The zero-order chi connectivity index (χ0) is 18.8. The largest absolute Gasteiger partial charge is 0.497 e. The van der Waals surface area contributed by atoms with Crippen LogP contribution in [-0.4, -0.2) is 25.1 Å². The lowest BCUT2D eigenvalue weighted by Crippen LogP contribution is -2.50. The van der Waals surface area contributed by atoms with Crippen molar-refractivity contribution in [3.05, 3.63) is 59.7 Å². The molecule has 27 heavy (non-hydrogen) atoms. The lowest BCUT2D eigenvalue weighted by Gasteiger charge is -2.47. The monoisotopic (exact) mass is 366 g/mol. The Labute approximate surface area is 160 Å². The minimum Gasteiger partial charge on any atom is -0.497 e. The van der Waals surface area contributed by atoms with Gasteiger partial charge in [-0.25, -0.2) is 0 Å². The summed E-state index contributed by atoms with van der Waals surface area (Å²) in [5.41, 5.74) is 3.32. The smallest absolute Gasteiger partial charge is 0.118 e. The first-order chi connectivity index (χ1) is 13.2. The van der Waals surface area contributed by atoms with E-state index < -0.39 is 0 Å². The van der Waals surface area contributed by atoms with Crippen molar-refractivity contribution in [1.82, 2.24) is 5.32 Å². The third kappa shape index (κ3) is 3.28. The molecule has 1 aliphatic carbocycles. The molecule has 1 saturated carbocycles. The summed E-state index contributed by atoms with van der Waals surface area (Å²) < 4.78 is 10.6. The van der Waals surface area contributed by atoms with Crippen LogP contribution in [0.2, 0.25) is 0 Å². The second-order valence-corrected chi connectivity index (χ2v) is 7.34. The summed E-state index contributed by atoms with van der Waals surface area (Å²) in [7, 11) is 3.35. The minimum absolute atomic E-state index is 0.116. The number of benzene rings is 2. The third-order valence-electron chi connectivity index (χ3n) is 6.02. The first-order valence-electron chi connectivity index (χ1n) is 9.51. The zero-order valence-electron chi connectivity index (χ0n) is 15.8. The molecule has 2 fully saturated rings. The molecular weight excluding hydrogens is 340 g/mol. The number of piperidine rings is 1. The van der Waals surface area contributed by atoms with Crippen LogP contribution < -0.4 is 14.8 Å². The molecule has 0 spiro atoms. The van der Waals surface area contributed by atoms with Gasteiger partial charge < -0.3 is 20.0 Å². The van der Waals surface area contributed by atoms with Crippen molar-refractivity contribution in [2.75, 3.05) is 14.2 Å². The van der Waals surface area contributed by atoms with Gasteiger partial charge in [-0.3, -0.25) is 0 Å². The molecule has 2 aromatic carbocycles. The Bertz CT molecular complexity index is 738. The molecule has 1 saturated heterocycles. The number of hydrogen-bond donors (Lipinski definition) is 2. The Kier molecular flexibility index (Phi) is 5.03. The Hall–Kier alpha value is -2.53. The van der Waals surface area contributed by atoms with E-state index >= 15 is 0 Å². The highest BCUT2D eigenvalue weighted by atomic mass is 16.5. The minimum atomic E-state index is 0.116. The summed E-state index contributed by atoms with van der Waals surface area (Å²) in [6.07, 6.45) is 3.22. The first-order valence-corrected chi connectivity index (χ1v) is 9.51. The summed E-state index contributed by atoms with van der Waals surface area (Å²) in [5, 5.41) is 17.4. The highest BCUT2D eigenvalue weighted by Crippen LogP contribution is 2.46. The maximum absolute atomic E-state index is 9.81. The van der Waals surface area contributed by atoms with Gasteiger partial charge in [-0.1, -0.05) is 35.8 Å². The molecule has 2 bridgehead atoms. The van der Waals surface area contributed by atoms with Gasteiger partial charge in [-0.05, 0) is 48.2 Å². The van der Waals surface area contributed by atoms with Gasteiger partial charge in [0.05, 0.1) is 19.9 Å². The number of rotatable bonds is 4. The van der Waals surface area contributed by atoms with E-state index in [0.717, 1.165) is 36.5 Å². The molecule has 1 aliphatic heterocycles. The molecule has 4 atom stereocenters. The van der Waals surface area contributed by atoms with E-state index in [1.54, 1.807) is 14.2 Å². The quantitative estimate of drug-likeness (QED) is 0.624. The summed E-state index contributed by atoms with van der Waals surface area (Å²) in [4.78, 5) is 0. The molecular formula is C22H26N2O3. The number of methoxy groups -OCH3 is 2. The predicted molar refractivity (Wildman–Crippen MR) is 105 cm³/mol. The van der Waals surface area contributed by atoms with Crippen LogP contribution in [0.3, 0.4) is 0 Å². The van der Waals surface area contributed by atoms with Gasteiger partial charge in [-0.15, -0.1) is 0 Å². The Morgan fingerprint density at radius 3 is 1.63 bits per heavy atom. The normalized spacial score (nSPS) is 28.7. The van der Waals surface area contributed by atoms with E-state index in [2.05, 4.69) is 34.7 Å². The van der Waals surface area contributed by atoms with Crippen molar-refractivity contribution >= 4 is 5.71 Å². The molecule has 2 N–H and O–H groups in total. The van der Waals surface area contributed by atoms with Gasteiger partial charge in [0.2, 0.25) is 0 Å². The van der Waals surface area contributed by atoms with E-state index in [4.69, 9.17) is 9.47 Å². The van der Waals surface area contributed by atoms with Crippen LogP contribution in [0.5, 0.6) is 11.5 Å². The summed E-state index contributed by atoms with van der Waals surface area (Å²) in [6.45, 7) is 0. The van der Waals surface area contributed by atoms with E-state index in [-0.39, 0.29) is 23.9 Å². The van der Waals surface area contributed by atoms with E-state index in [0.29, 0.717) is 0 Å². The molecule has 2 aromatic rings. The molecule has 0 aromatic heterocycles. The molecule has 2 aliphatic rings. The van der Waals surface area contributed by atoms with Crippen LogP contribution in [0, 0.1) is 11.8 Å². The van der Waals surface area contributed by atoms with Crippen LogP contribution in [-0.2, 0) is 0 Å². The highest BCUT2D eigenvalue weighted by molar-refractivity contribution is 5.91. The van der Waals surface area contributed by atoms with Crippen molar-refractivity contribution in [2.24, 2.45) is 17.0 Å². The number of ether oxygens (including phenoxy) is 2. The number of fused-ring (bicyclic) bond motifs is 2. The maximum Gasteiger partial charge on any atom is 0.118 e. The van der Waals surface area contributed by atoms with E-state index in [1.807, 2.05) is 24.3 Å². The van der Waals surface area contributed by atoms with E-state index in [9.17, 15) is 5.21 Å². The fourth-order valence-corrected chi connectivity index (χ4v) is 4.66. The van der Waals surface area contributed by atoms with Crippen molar-refractivity contribution in [3.63, 3.8) is 0 Å². The molecule has 4 rings (SSSR count). The molecule has 1 heterocycles. The second kappa shape index (κ2) is 7.61. The van der Waals surface area contributed by atoms with Gasteiger partial charge in [0.15, 0.2) is 0 Å². The Morgan fingerprint density at radius 1 is 0.815 bits per heavy atom. The number of oxime groups is 1. The highest BCUT2D eigenvalue weighted by Gasteiger charge is 2.45. The van der Waals surface area contributed by atoms with Crippen LogP contribution in [0.25, 0.3) is 0 Å². The van der Waals surface area contributed by atoms with Crippen molar-refractivity contribution < 1.29 is 14.7 Å². The average molecular weight is 366 g/mol. The van der Waals surface area contributed by atoms with Crippen LogP contribution >= 0.6 is 0 Å². The molecule has 142 valence electrons. The van der Waals surface area contributed by atoms with Crippen molar-refractivity contribution in [3.8, 4) is 11.5 Å². The summed E-state index contributed by atoms with van der Waals surface area (Å²) >= 11 is 0. The lowest BCUT2D eigenvalue weighted by atomic mass is 9.67.